The van der Waals surface area contributed by atoms with Gasteiger partial charge in [-0.3, -0.25) is 0 Å². The molecule has 136 valence electrons. The van der Waals surface area contributed by atoms with Crippen molar-refractivity contribution in [3.8, 4) is 11.5 Å². The molecule has 3 rings (SSSR count). The number of anilines is 1. The first kappa shape index (κ1) is 17.5. The van der Waals surface area contributed by atoms with E-state index < -0.39 is 17.5 Å². The number of hydrogen-bond acceptors (Lipinski definition) is 5. The average Bonchev–Trinajstić information content (AvgIpc) is 3.14. The SMILES string of the molecule is CC(Nc1cc(-c2n[nH]c(=O)o2)ccc1C(F)(F)F)[C@H]1CC[C@@H](N)C1. The number of nitrogens with two attached hydrogens (primary N) is 1. The fourth-order valence-electron chi connectivity index (χ4n) is 3.27. The summed E-state index contributed by atoms with van der Waals surface area (Å²) >= 11 is 0. The van der Waals surface area contributed by atoms with Crippen LogP contribution in [0.3, 0.4) is 0 Å². The van der Waals surface area contributed by atoms with Crippen LogP contribution in [0.5, 0.6) is 0 Å². The van der Waals surface area contributed by atoms with Crippen molar-refractivity contribution < 1.29 is 17.6 Å². The van der Waals surface area contributed by atoms with E-state index in [2.05, 4.69) is 15.5 Å². The molecule has 4 N–H and O–H groups in total. The lowest BCUT2D eigenvalue weighted by atomic mass is 9.98. The molecule has 2 aromatic rings. The van der Waals surface area contributed by atoms with Crippen molar-refractivity contribution in [2.75, 3.05) is 5.32 Å². The number of hydrogen-bond donors (Lipinski definition) is 3. The molecule has 1 saturated carbocycles. The largest absolute Gasteiger partial charge is 0.434 e. The summed E-state index contributed by atoms with van der Waals surface area (Å²) in [5, 5.41) is 8.71. The van der Waals surface area contributed by atoms with Crippen LogP contribution in [0.15, 0.2) is 27.4 Å². The number of benzene rings is 1. The Morgan fingerprint density at radius 2 is 2.16 bits per heavy atom. The molecule has 1 aromatic heterocycles. The smallest absolute Gasteiger partial charge is 0.388 e. The highest BCUT2D eigenvalue weighted by Gasteiger charge is 2.35. The van der Waals surface area contributed by atoms with Crippen LogP contribution >= 0.6 is 0 Å². The van der Waals surface area contributed by atoms with Crippen LogP contribution in [0.4, 0.5) is 18.9 Å². The van der Waals surface area contributed by atoms with Crippen LogP contribution < -0.4 is 16.8 Å². The van der Waals surface area contributed by atoms with E-state index in [0.29, 0.717) is 0 Å². The van der Waals surface area contributed by atoms with Crippen LogP contribution in [0, 0.1) is 5.92 Å². The predicted octanol–water partition coefficient (Wildman–Crippen LogP) is 2.98. The van der Waals surface area contributed by atoms with E-state index in [1.807, 2.05) is 6.92 Å². The molecule has 0 amide bonds. The van der Waals surface area contributed by atoms with Gasteiger partial charge in [-0.25, -0.2) is 9.89 Å². The van der Waals surface area contributed by atoms with Crippen LogP contribution in [0.25, 0.3) is 11.5 Å². The van der Waals surface area contributed by atoms with Gasteiger partial charge in [-0.05, 0) is 50.3 Å². The number of nitrogens with zero attached hydrogens (tertiary/aromatic N) is 1. The molecule has 0 saturated heterocycles. The van der Waals surface area contributed by atoms with Gasteiger partial charge in [0.2, 0.25) is 5.89 Å². The van der Waals surface area contributed by atoms with Gasteiger partial charge in [0, 0.05) is 23.3 Å². The molecule has 0 bridgehead atoms. The summed E-state index contributed by atoms with van der Waals surface area (Å²) < 4.78 is 44.8. The Labute approximate surface area is 141 Å². The maximum Gasteiger partial charge on any atom is 0.434 e. The number of aromatic nitrogens is 2. The minimum Gasteiger partial charge on any atom is -0.388 e. The van der Waals surface area contributed by atoms with Crippen molar-refractivity contribution in [3.63, 3.8) is 0 Å². The second kappa shape index (κ2) is 6.55. The lowest BCUT2D eigenvalue weighted by Crippen LogP contribution is -2.27. The molecule has 1 aliphatic rings. The number of alkyl halides is 3. The Bertz CT molecular complexity index is 799. The Morgan fingerprint density at radius 1 is 1.40 bits per heavy atom. The summed E-state index contributed by atoms with van der Waals surface area (Å²) in [6, 6.07) is 3.41. The number of nitrogens with one attached hydrogen (secondary N) is 2. The second-order valence-electron chi connectivity index (χ2n) is 6.44. The molecule has 6 nitrogen and oxygen atoms in total. The fraction of sp³-hybridized carbons (Fsp3) is 0.500. The van der Waals surface area contributed by atoms with Gasteiger partial charge in [-0.1, -0.05) is 0 Å². The van der Waals surface area contributed by atoms with E-state index in [-0.39, 0.29) is 35.1 Å². The molecule has 0 spiro atoms. The summed E-state index contributed by atoms with van der Waals surface area (Å²) in [5.74, 6) is -0.613. The van der Waals surface area contributed by atoms with Crippen LogP contribution in [0.1, 0.15) is 31.7 Å². The summed E-state index contributed by atoms with van der Waals surface area (Å²) in [4.78, 5) is 11.1. The Hall–Kier alpha value is -2.29. The molecule has 1 fully saturated rings. The van der Waals surface area contributed by atoms with Gasteiger partial charge in [0.1, 0.15) is 0 Å². The molecule has 9 heteroatoms. The number of H-pyrrole nitrogens is 1. The molecular weight excluding hydrogens is 337 g/mol. The third kappa shape index (κ3) is 3.87. The van der Waals surface area contributed by atoms with E-state index in [9.17, 15) is 18.0 Å². The third-order valence-corrected chi connectivity index (χ3v) is 4.61. The average molecular weight is 356 g/mol. The Morgan fingerprint density at radius 3 is 2.72 bits per heavy atom. The number of aromatic amines is 1. The zero-order chi connectivity index (χ0) is 18.2. The summed E-state index contributed by atoms with van der Waals surface area (Å²) in [7, 11) is 0. The van der Waals surface area contributed by atoms with Crippen molar-refractivity contribution in [1.82, 2.24) is 10.2 Å². The van der Waals surface area contributed by atoms with Gasteiger partial charge in [-0.2, -0.15) is 13.2 Å². The van der Waals surface area contributed by atoms with Crippen molar-refractivity contribution in [3.05, 3.63) is 34.3 Å². The highest BCUT2D eigenvalue weighted by atomic mass is 19.4. The first-order valence-corrected chi connectivity index (χ1v) is 8.03. The molecular formula is C16H19F3N4O2. The maximum atomic E-state index is 13.3. The maximum absolute atomic E-state index is 13.3. The van der Waals surface area contributed by atoms with Gasteiger partial charge in [-0.15, -0.1) is 5.10 Å². The van der Waals surface area contributed by atoms with E-state index in [0.717, 1.165) is 25.3 Å². The standard InChI is InChI=1S/C16H19F3N4O2/c1-8(9-2-4-11(20)6-9)21-13-7-10(14-22-23-15(24)25-14)3-5-12(13)16(17,18)19/h3,5,7-9,11,21H,2,4,6,20H2,1H3,(H,23,24)/t8?,9-,11+/m0/s1. The van der Waals surface area contributed by atoms with Crippen molar-refractivity contribution in [1.29, 1.82) is 0 Å². The molecule has 0 aliphatic heterocycles. The molecule has 1 heterocycles. The van der Waals surface area contributed by atoms with Gasteiger partial charge >= 0.3 is 11.9 Å². The van der Waals surface area contributed by atoms with E-state index in [1.165, 1.54) is 12.1 Å². The quantitative estimate of drug-likeness (QED) is 0.782. The molecule has 25 heavy (non-hydrogen) atoms. The second-order valence-corrected chi connectivity index (χ2v) is 6.44. The molecule has 1 unspecified atom stereocenters. The predicted molar refractivity (Wildman–Crippen MR) is 86.0 cm³/mol. The minimum atomic E-state index is -4.50. The van der Waals surface area contributed by atoms with Crippen LogP contribution in [-0.2, 0) is 6.18 Å². The molecule has 1 aliphatic carbocycles. The van der Waals surface area contributed by atoms with Crippen molar-refractivity contribution in [2.45, 2.75) is 44.4 Å². The normalized spacial score (nSPS) is 22.1. The molecule has 0 radical (unpaired) electrons. The zero-order valence-corrected chi connectivity index (χ0v) is 13.6. The van der Waals surface area contributed by atoms with Crippen molar-refractivity contribution >= 4 is 5.69 Å². The van der Waals surface area contributed by atoms with Crippen LogP contribution in [0.2, 0.25) is 0 Å². The molecule has 1 aromatic carbocycles. The first-order chi connectivity index (χ1) is 11.7. The van der Waals surface area contributed by atoms with E-state index in [4.69, 9.17) is 10.2 Å². The monoisotopic (exact) mass is 356 g/mol. The number of halogens is 3. The van der Waals surface area contributed by atoms with Gasteiger partial charge in [0.15, 0.2) is 0 Å². The number of rotatable bonds is 4. The highest BCUT2D eigenvalue weighted by Crippen LogP contribution is 2.38. The Balaban J connectivity index is 1.92. The summed E-state index contributed by atoms with van der Waals surface area (Å²) in [6.45, 7) is 1.85. The first-order valence-electron chi connectivity index (χ1n) is 8.03. The third-order valence-electron chi connectivity index (χ3n) is 4.61. The zero-order valence-electron chi connectivity index (χ0n) is 13.6. The van der Waals surface area contributed by atoms with Gasteiger partial charge in [0.25, 0.3) is 0 Å². The van der Waals surface area contributed by atoms with E-state index in [1.54, 1.807) is 0 Å². The van der Waals surface area contributed by atoms with Crippen LogP contribution in [-0.4, -0.2) is 22.3 Å². The van der Waals surface area contributed by atoms with Crippen molar-refractivity contribution in [2.24, 2.45) is 11.7 Å². The topological polar surface area (TPSA) is 96.9 Å². The molecule has 3 atom stereocenters. The fourth-order valence-corrected chi connectivity index (χ4v) is 3.27. The van der Waals surface area contributed by atoms with Gasteiger partial charge < -0.3 is 15.5 Å². The lowest BCUT2D eigenvalue weighted by Gasteiger charge is -2.24. The minimum absolute atomic E-state index is 0.0580. The van der Waals surface area contributed by atoms with Gasteiger partial charge in [0.05, 0.1) is 5.56 Å². The lowest BCUT2D eigenvalue weighted by molar-refractivity contribution is -0.137. The summed E-state index contributed by atoms with van der Waals surface area (Å²) in [6.07, 6.45) is -1.96. The highest BCUT2D eigenvalue weighted by molar-refractivity contribution is 5.65. The summed E-state index contributed by atoms with van der Waals surface area (Å²) in [5.41, 5.74) is 5.34. The van der Waals surface area contributed by atoms with E-state index >= 15 is 0 Å². The Kier molecular flexibility index (Phi) is 4.59.